The van der Waals surface area contributed by atoms with Gasteiger partial charge in [-0.05, 0) is 12.3 Å². The number of hydrogen-bond acceptors (Lipinski definition) is 5. The number of sulfonamides is 1. The van der Waals surface area contributed by atoms with Crippen LogP contribution in [0.1, 0.15) is 33.1 Å². The highest BCUT2D eigenvalue weighted by molar-refractivity contribution is 7.89. The number of carboxylic acids is 1. The first-order valence-electron chi connectivity index (χ1n) is 6.03. The molecule has 8 heteroatoms. The van der Waals surface area contributed by atoms with Crippen LogP contribution in [-0.4, -0.2) is 44.4 Å². The molecule has 7 nitrogen and oxygen atoms in total. The Morgan fingerprint density at radius 3 is 2.37 bits per heavy atom. The van der Waals surface area contributed by atoms with Crippen molar-refractivity contribution >= 4 is 22.0 Å². The molecule has 0 aromatic heterocycles. The van der Waals surface area contributed by atoms with E-state index in [0.29, 0.717) is 6.42 Å². The number of carboxylic acid groups (broad SMARTS) is 1. The van der Waals surface area contributed by atoms with Crippen LogP contribution >= 0.6 is 0 Å². The van der Waals surface area contributed by atoms with Crippen LogP contribution in [-0.2, 0) is 24.3 Å². The second-order valence-corrected chi connectivity index (χ2v) is 6.19. The zero-order valence-corrected chi connectivity index (χ0v) is 12.2. The van der Waals surface area contributed by atoms with Gasteiger partial charge in [-0.25, -0.2) is 13.1 Å². The molecule has 0 spiro atoms. The van der Waals surface area contributed by atoms with Crippen molar-refractivity contribution < 1.29 is 27.9 Å². The number of carbonyl (C=O) groups excluding carboxylic acids is 1. The quantitative estimate of drug-likeness (QED) is 0.594. The molecule has 0 aliphatic carbocycles. The van der Waals surface area contributed by atoms with Crippen molar-refractivity contribution in [2.24, 2.45) is 5.92 Å². The van der Waals surface area contributed by atoms with Crippen LogP contribution in [0.3, 0.4) is 0 Å². The molecule has 0 bridgehead atoms. The Hall–Kier alpha value is -1.15. The van der Waals surface area contributed by atoms with Crippen LogP contribution in [0.15, 0.2) is 0 Å². The maximum absolute atomic E-state index is 11.7. The summed E-state index contributed by atoms with van der Waals surface area (Å²) >= 11 is 0. The van der Waals surface area contributed by atoms with Gasteiger partial charge in [-0.1, -0.05) is 20.3 Å². The smallest absolute Gasteiger partial charge is 0.322 e. The summed E-state index contributed by atoms with van der Waals surface area (Å²) in [6, 6.07) is -1.15. The molecule has 0 aliphatic rings. The predicted octanol–water partition coefficient (Wildman–Crippen LogP) is 0.358. The van der Waals surface area contributed by atoms with Gasteiger partial charge >= 0.3 is 11.9 Å². The highest BCUT2D eigenvalue weighted by Gasteiger charge is 2.28. The van der Waals surface area contributed by atoms with Crippen LogP contribution in [0.2, 0.25) is 0 Å². The van der Waals surface area contributed by atoms with Crippen LogP contribution in [0, 0.1) is 5.92 Å². The molecule has 2 atom stereocenters. The van der Waals surface area contributed by atoms with Crippen LogP contribution < -0.4 is 4.72 Å². The van der Waals surface area contributed by atoms with Gasteiger partial charge in [0.05, 0.1) is 12.9 Å². The zero-order valence-electron chi connectivity index (χ0n) is 11.4. The Bertz CT molecular complexity index is 405. The molecule has 0 aliphatic heterocycles. The fourth-order valence-electron chi connectivity index (χ4n) is 1.41. The monoisotopic (exact) mass is 295 g/mol. The van der Waals surface area contributed by atoms with Crippen molar-refractivity contribution in [3.8, 4) is 0 Å². The Morgan fingerprint density at radius 2 is 1.95 bits per heavy atom. The number of nitrogens with one attached hydrogen (secondary N) is 1. The van der Waals surface area contributed by atoms with Gasteiger partial charge in [0.1, 0.15) is 6.04 Å². The van der Waals surface area contributed by atoms with Crippen molar-refractivity contribution in [1.29, 1.82) is 0 Å². The Morgan fingerprint density at radius 1 is 1.37 bits per heavy atom. The lowest BCUT2D eigenvalue weighted by atomic mass is 10.0. The number of esters is 1. The minimum absolute atomic E-state index is 0.0154. The highest BCUT2D eigenvalue weighted by atomic mass is 32.2. The topological polar surface area (TPSA) is 110 Å². The lowest BCUT2D eigenvalue weighted by molar-refractivity contribution is -0.141. The van der Waals surface area contributed by atoms with Crippen LogP contribution in [0.5, 0.6) is 0 Å². The van der Waals surface area contributed by atoms with Crippen molar-refractivity contribution in [3.05, 3.63) is 0 Å². The van der Waals surface area contributed by atoms with Crippen molar-refractivity contribution in [1.82, 2.24) is 4.72 Å². The van der Waals surface area contributed by atoms with E-state index in [9.17, 15) is 18.0 Å². The second kappa shape index (κ2) is 8.11. The standard InChI is InChI=1S/C11H21NO6S/c1-4-8(2)10(11(14)15)12-19(16,17)7-5-6-9(13)18-3/h8,10,12H,4-7H2,1-3H3,(H,14,15)/t8-,10-/m0/s1. The summed E-state index contributed by atoms with van der Waals surface area (Å²) in [5.41, 5.74) is 0. The third kappa shape index (κ3) is 7.12. The molecular weight excluding hydrogens is 274 g/mol. The molecule has 0 aromatic rings. The van der Waals surface area contributed by atoms with Gasteiger partial charge in [-0.2, -0.15) is 0 Å². The Kier molecular flexibility index (Phi) is 7.62. The molecule has 0 amide bonds. The van der Waals surface area contributed by atoms with Gasteiger partial charge < -0.3 is 9.84 Å². The van der Waals surface area contributed by atoms with Crippen molar-refractivity contribution in [2.75, 3.05) is 12.9 Å². The zero-order chi connectivity index (χ0) is 15.1. The molecule has 0 unspecified atom stereocenters. The van der Waals surface area contributed by atoms with Crippen molar-refractivity contribution in [2.45, 2.75) is 39.2 Å². The number of methoxy groups -OCH3 is 1. The molecule has 0 rings (SSSR count). The summed E-state index contributed by atoms with van der Waals surface area (Å²) in [6.45, 7) is 3.45. The summed E-state index contributed by atoms with van der Waals surface area (Å²) in [7, 11) is -2.50. The Labute approximate surface area is 113 Å². The maximum Gasteiger partial charge on any atom is 0.322 e. The molecule has 112 valence electrons. The van der Waals surface area contributed by atoms with Gasteiger partial charge in [0.2, 0.25) is 10.0 Å². The summed E-state index contributed by atoms with van der Waals surface area (Å²) in [6.07, 6.45) is 0.620. The summed E-state index contributed by atoms with van der Waals surface area (Å²) < 4.78 is 30.0. The van der Waals surface area contributed by atoms with E-state index in [2.05, 4.69) is 9.46 Å². The first kappa shape index (κ1) is 17.8. The lowest BCUT2D eigenvalue weighted by Crippen LogP contribution is -2.45. The third-order valence-corrected chi connectivity index (χ3v) is 4.25. The first-order valence-corrected chi connectivity index (χ1v) is 7.68. The number of ether oxygens (including phenoxy) is 1. The molecule has 0 heterocycles. The van der Waals surface area contributed by atoms with E-state index in [1.54, 1.807) is 13.8 Å². The summed E-state index contributed by atoms with van der Waals surface area (Å²) in [4.78, 5) is 21.9. The normalized spacial score (nSPS) is 14.7. The fraction of sp³-hybridized carbons (Fsp3) is 0.818. The first-order chi connectivity index (χ1) is 8.73. The number of rotatable bonds is 9. The minimum atomic E-state index is -3.72. The fourth-order valence-corrected chi connectivity index (χ4v) is 2.77. The van der Waals surface area contributed by atoms with E-state index in [-0.39, 0.29) is 24.5 Å². The number of carbonyl (C=O) groups is 2. The average molecular weight is 295 g/mol. The molecule has 0 saturated heterocycles. The predicted molar refractivity (Wildman–Crippen MR) is 69.1 cm³/mol. The van der Waals surface area contributed by atoms with E-state index in [1.807, 2.05) is 0 Å². The van der Waals surface area contributed by atoms with E-state index in [4.69, 9.17) is 5.11 Å². The van der Waals surface area contributed by atoms with Gasteiger partial charge in [-0.3, -0.25) is 9.59 Å². The molecule has 0 saturated carbocycles. The van der Waals surface area contributed by atoms with Crippen LogP contribution in [0.4, 0.5) is 0 Å². The summed E-state index contributed by atoms with van der Waals surface area (Å²) in [5.74, 6) is -2.31. The van der Waals surface area contributed by atoms with Crippen LogP contribution in [0.25, 0.3) is 0 Å². The minimum Gasteiger partial charge on any atom is -0.480 e. The number of hydrogen-bond donors (Lipinski definition) is 2. The van der Waals surface area contributed by atoms with E-state index in [1.165, 1.54) is 7.11 Å². The average Bonchev–Trinajstić information content (AvgIpc) is 2.34. The lowest BCUT2D eigenvalue weighted by Gasteiger charge is -2.19. The highest BCUT2D eigenvalue weighted by Crippen LogP contribution is 2.10. The Balaban J connectivity index is 4.48. The van der Waals surface area contributed by atoms with Gasteiger partial charge in [0, 0.05) is 6.42 Å². The van der Waals surface area contributed by atoms with E-state index < -0.39 is 28.0 Å². The summed E-state index contributed by atoms with van der Waals surface area (Å²) in [5, 5.41) is 8.99. The number of aliphatic carboxylic acids is 1. The van der Waals surface area contributed by atoms with E-state index >= 15 is 0 Å². The third-order valence-electron chi connectivity index (χ3n) is 2.81. The maximum atomic E-state index is 11.7. The second-order valence-electron chi connectivity index (χ2n) is 4.32. The van der Waals surface area contributed by atoms with Crippen molar-refractivity contribution in [3.63, 3.8) is 0 Å². The van der Waals surface area contributed by atoms with Gasteiger partial charge in [-0.15, -0.1) is 0 Å². The van der Waals surface area contributed by atoms with Gasteiger partial charge in [0.25, 0.3) is 0 Å². The SMILES string of the molecule is CC[C@H](C)[C@H](NS(=O)(=O)CCCC(=O)OC)C(=O)O. The van der Waals surface area contributed by atoms with E-state index in [0.717, 1.165) is 0 Å². The molecule has 2 N–H and O–H groups in total. The van der Waals surface area contributed by atoms with Gasteiger partial charge in [0.15, 0.2) is 0 Å². The largest absolute Gasteiger partial charge is 0.480 e. The molecule has 0 aromatic carbocycles. The molecule has 0 radical (unpaired) electrons. The molecular formula is C11H21NO6S. The molecule has 0 fully saturated rings. The molecule has 19 heavy (non-hydrogen) atoms.